The zero-order chi connectivity index (χ0) is 16.3. The number of ether oxygens (including phenoxy) is 1. The Hall–Kier alpha value is -0.360. The molecule has 11 heteroatoms. The Morgan fingerprint density at radius 1 is 1.41 bits per heavy atom. The highest BCUT2D eigenvalue weighted by molar-refractivity contribution is 9.14. The number of anilines is 2. The first-order valence-corrected chi connectivity index (χ1v) is 9.83. The predicted molar refractivity (Wildman–Crippen MR) is 99.8 cm³/mol. The number of methoxy groups -OCH3 is 1. The van der Waals surface area contributed by atoms with Crippen molar-refractivity contribution >= 4 is 87.6 Å². The minimum absolute atomic E-state index is 0.182. The molecule has 0 radical (unpaired) electrons. The number of carbonyl (C=O) groups is 1. The number of carbonyl (C=O) groups excluding carboxylic acids is 1. The second kappa shape index (κ2) is 7.95. The van der Waals surface area contributed by atoms with Gasteiger partial charge in [0.2, 0.25) is 11.0 Å². The summed E-state index contributed by atoms with van der Waals surface area (Å²) < 4.78 is 8.28. The Morgan fingerprint density at radius 3 is 2.73 bits per heavy atom. The lowest BCUT2D eigenvalue weighted by molar-refractivity contribution is -0.113. The number of hydrogen-bond acceptors (Lipinski definition) is 7. The van der Waals surface area contributed by atoms with Gasteiger partial charge in [-0.05, 0) is 53.9 Å². The van der Waals surface area contributed by atoms with Crippen LogP contribution < -0.4 is 15.8 Å². The first kappa shape index (κ1) is 18.0. The second-order valence-electron chi connectivity index (χ2n) is 3.81. The third-order valence-electron chi connectivity index (χ3n) is 2.34. The number of nitrogens with zero attached hydrogens (tertiary/aromatic N) is 2. The number of nitrogen functional groups attached to an aromatic ring is 1. The molecule has 118 valence electrons. The number of benzene rings is 1. The Bertz CT molecular complexity index is 711. The van der Waals surface area contributed by atoms with Crippen LogP contribution in [0.3, 0.4) is 0 Å². The zero-order valence-corrected chi connectivity index (χ0v) is 17.4. The van der Waals surface area contributed by atoms with Gasteiger partial charge < -0.3 is 15.8 Å². The maximum Gasteiger partial charge on any atom is 0.234 e. The largest absolute Gasteiger partial charge is 0.493 e. The summed E-state index contributed by atoms with van der Waals surface area (Å²) in [6.07, 6.45) is 0. The van der Waals surface area contributed by atoms with Crippen molar-refractivity contribution in [2.75, 3.05) is 23.9 Å². The van der Waals surface area contributed by atoms with Crippen LogP contribution in [0.5, 0.6) is 5.75 Å². The molecule has 0 bridgehead atoms. The Labute approximate surface area is 160 Å². The summed E-state index contributed by atoms with van der Waals surface area (Å²) in [7, 11) is 1.54. The molecule has 0 saturated carbocycles. The SMILES string of the molecule is COc1c(NC(=O)CSc2nnc(N)s2)cc(Br)c(Br)c1Br. The van der Waals surface area contributed by atoms with E-state index in [1.165, 1.54) is 30.2 Å². The van der Waals surface area contributed by atoms with Crippen molar-refractivity contribution in [3.05, 3.63) is 19.5 Å². The molecular formula is C11H9Br3N4O2S2. The quantitative estimate of drug-likeness (QED) is 0.444. The van der Waals surface area contributed by atoms with Gasteiger partial charge in [-0.15, -0.1) is 10.2 Å². The average molecular weight is 533 g/mol. The normalized spacial score (nSPS) is 10.5. The van der Waals surface area contributed by atoms with E-state index < -0.39 is 0 Å². The van der Waals surface area contributed by atoms with Crippen LogP contribution in [-0.2, 0) is 4.79 Å². The van der Waals surface area contributed by atoms with Crippen molar-refractivity contribution in [2.24, 2.45) is 0 Å². The van der Waals surface area contributed by atoms with Gasteiger partial charge in [-0.2, -0.15) is 0 Å². The van der Waals surface area contributed by atoms with Gasteiger partial charge in [-0.1, -0.05) is 23.1 Å². The molecule has 1 heterocycles. The van der Waals surface area contributed by atoms with Gasteiger partial charge in [-0.3, -0.25) is 4.79 Å². The first-order valence-electron chi connectivity index (χ1n) is 5.65. The number of halogens is 3. The first-order chi connectivity index (χ1) is 10.4. The molecule has 0 unspecified atom stereocenters. The monoisotopic (exact) mass is 530 g/mol. The molecule has 1 amide bonds. The van der Waals surface area contributed by atoms with Gasteiger partial charge >= 0.3 is 0 Å². The maximum absolute atomic E-state index is 12.1. The van der Waals surface area contributed by atoms with E-state index in [2.05, 4.69) is 63.3 Å². The van der Waals surface area contributed by atoms with Crippen molar-refractivity contribution in [1.82, 2.24) is 10.2 Å². The average Bonchev–Trinajstić information content (AvgIpc) is 2.89. The number of amides is 1. The van der Waals surface area contributed by atoms with Crippen LogP contribution in [0.15, 0.2) is 23.8 Å². The number of rotatable bonds is 5. The van der Waals surface area contributed by atoms with Gasteiger partial charge in [0.25, 0.3) is 0 Å². The van der Waals surface area contributed by atoms with Crippen LogP contribution in [0, 0.1) is 0 Å². The van der Waals surface area contributed by atoms with Crippen LogP contribution in [0.25, 0.3) is 0 Å². The van der Waals surface area contributed by atoms with Crippen LogP contribution >= 0.6 is 70.9 Å². The molecule has 0 aliphatic rings. The summed E-state index contributed by atoms with van der Waals surface area (Å²) in [6, 6.07) is 1.76. The molecule has 0 aliphatic heterocycles. The molecule has 6 nitrogen and oxygen atoms in total. The van der Waals surface area contributed by atoms with Crippen molar-refractivity contribution in [3.8, 4) is 5.75 Å². The smallest absolute Gasteiger partial charge is 0.234 e. The van der Waals surface area contributed by atoms with E-state index in [0.29, 0.717) is 25.4 Å². The Morgan fingerprint density at radius 2 is 2.14 bits per heavy atom. The number of thioether (sulfide) groups is 1. The van der Waals surface area contributed by atoms with Crippen molar-refractivity contribution in [3.63, 3.8) is 0 Å². The maximum atomic E-state index is 12.1. The van der Waals surface area contributed by atoms with Gasteiger partial charge in [0.15, 0.2) is 10.1 Å². The minimum Gasteiger partial charge on any atom is -0.493 e. The van der Waals surface area contributed by atoms with E-state index in [9.17, 15) is 4.79 Å². The molecule has 2 rings (SSSR count). The van der Waals surface area contributed by atoms with Crippen LogP contribution in [0.2, 0.25) is 0 Å². The van der Waals surface area contributed by atoms with Gasteiger partial charge in [0.1, 0.15) is 0 Å². The fourth-order valence-electron chi connectivity index (χ4n) is 1.46. The standard InChI is InChI=1S/C11H9Br3N4O2S2/c1-20-9-5(2-4(12)7(13)8(9)14)16-6(19)3-21-11-18-17-10(15)22-11/h2H,3H2,1H3,(H2,15,17)(H,16,19). The fourth-order valence-corrected chi connectivity index (χ4v) is 4.48. The lowest BCUT2D eigenvalue weighted by atomic mass is 10.3. The molecule has 0 spiro atoms. The summed E-state index contributed by atoms with van der Waals surface area (Å²) in [5, 5.41) is 10.7. The van der Waals surface area contributed by atoms with E-state index in [4.69, 9.17) is 10.5 Å². The molecule has 0 atom stereocenters. The fraction of sp³-hybridized carbons (Fsp3) is 0.182. The number of nitrogens with two attached hydrogens (primary N) is 1. The van der Waals surface area contributed by atoms with Crippen molar-refractivity contribution < 1.29 is 9.53 Å². The number of aromatic nitrogens is 2. The van der Waals surface area contributed by atoms with E-state index in [1.807, 2.05) is 0 Å². The summed E-state index contributed by atoms with van der Waals surface area (Å²) in [4.78, 5) is 12.1. The second-order valence-corrected chi connectivity index (χ2v) is 8.48. The van der Waals surface area contributed by atoms with E-state index in [0.717, 1.165) is 8.95 Å². The molecule has 1 aromatic heterocycles. The minimum atomic E-state index is -0.182. The molecule has 2 aromatic rings. The predicted octanol–water partition coefficient (Wildman–Crippen LogP) is 4.15. The number of nitrogens with one attached hydrogen (secondary N) is 1. The lowest BCUT2D eigenvalue weighted by Gasteiger charge is -2.14. The molecular weight excluding hydrogens is 524 g/mol. The Balaban J connectivity index is 2.08. The topological polar surface area (TPSA) is 90.1 Å². The van der Waals surface area contributed by atoms with Gasteiger partial charge in [0, 0.05) is 8.95 Å². The lowest BCUT2D eigenvalue weighted by Crippen LogP contribution is -2.15. The summed E-state index contributed by atoms with van der Waals surface area (Å²) >= 11 is 12.8. The Kier molecular flexibility index (Phi) is 6.50. The molecule has 0 fully saturated rings. The highest BCUT2D eigenvalue weighted by Gasteiger charge is 2.16. The highest BCUT2D eigenvalue weighted by Crippen LogP contribution is 2.43. The van der Waals surface area contributed by atoms with E-state index >= 15 is 0 Å². The van der Waals surface area contributed by atoms with Gasteiger partial charge in [-0.25, -0.2) is 0 Å². The van der Waals surface area contributed by atoms with E-state index in [-0.39, 0.29) is 11.7 Å². The van der Waals surface area contributed by atoms with Crippen LogP contribution in [0.4, 0.5) is 10.8 Å². The third kappa shape index (κ3) is 4.34. The van der Waals surface area contributed by atoms with Crippen molar-refractivity contribution in [1.29, 1.82) is 0 Å². The zero-order valence-electron chi connectivity index (χ0n) is 11.0. The number of hydrogen-bond donors (Lipinski definition) is 2. The summed E-state index contributed by atoms with van der Waals surface area (Å²) in [6.45, 7) is 0. The molecule has 0 saturated heterocycles. The van der Waals surface area contributed by atoms with Crippen LogP contribution in [-0.4, -0.2) is 29.0 Å². The molecule has 1 aromatic carbocycles. The summed E-state index contributed by atoms with van der Waals surface area (Å²) in [5.41, 5.74) is 6.06. The van der Waals surface area contributed by atoms with Crippen molar-refractivity contribution in [2.45, 2.75) is 4.34 Å². The molecule has 3 N–H and O–H groups in total. The molecule has 22 heavy (non-hydrogen) atoms. The van der Waals surface area contributed by atoms with Gasteiger partial charge in [0.05, 0.1) is 23.0 Å². The third-order valence-corrected chi connectivity index (χ3v) is 7.50. The van der Waals surface area contributed by atoms with Crippen LogP contribution in [0.1, 0.15) is 0 Å². The molecule has 0 aliphatic carbocycles. The van der Waals surface area contributed by atoms with E-state index in [1.54, 1.807) is 6.07 Å². The summed E-state index contributed by atoms with van der Waals surface area (Å²) in [5.74, 6) is 0.551. The highest BCUT2D eigenvalue weighted by atomic mass is 79.9.